The number of nitrogens with two attached hydrogens (primary N) is 2. The van der Waals surface area contributed by atoms with Gasteiger partial charge >= 0.3 is 0 Å². The van der Waals surface area contributed by atoms with E-state index in [9.17, 15) is 8.42 Å². The Kier molecular flexibility index (Phi) is 6.27. The molecule has 0 saturated carbocycles. The number of primary sulfonamides is 1. The largest absolute Gasteiger partial charge is 0.382 e. The minimum absolute atomic E-state index is 0.272. The van der Waals surface area contributed by atoms with Gasteiger partial charge in [0.2, 0.25) is 10.0 Å². The molecule has 3 aromatic heterocycles. The van der Waals surface area contributed by atoms with Crippen molar-refractivity contribution in [2.45, 2.75) is 56.2 Å². The molecule has 0 saturated heterocycles. The summed E-state index contributed by atoms with van der Waals surface area (Å²) in [4.78, 5) is 9.39. The van der Waals surface area contributed by atoms with E-state index in [1.807, 2.05) is 24.3 Å². The van der Waals surface area contributed by atoms with Crippen LogP contribution in [-0.2, 0) is 29.4 Å². The van der Waals surface area contributed by atoms with Crippen LogP contribution in [0, 0.1) is 0 Å². The normalized spacial score (nSPS) is 12.2. The summed E-state index contributed by atoms with van der Waals surface area (Å²) in [5.41, 5.74) is 9.72. The quantitative estimate of drug-likeness (QED) is 0.365. The molecular formula is C22H27N5O2S2. The molecule has 0 atom stereocenters. The first kappa shape index (κ1) is 21.7. The predicted octanol–water partition coefficient (Wildman–Crippen LogP) is 4.24. The van der Waals surface area contributed by atoms with E-state index >= 15 is 0 Å². The molecule has 0 spiro atoms. The number of thiophene rings is 1. The van der Waals surface area contributed by atoms with Crippen molar-refractivity contribution < 1.29 is 8.42 Å². The van der Waals surface area contributed by atoms with Crippen LogP contribution >= 0.6 is 11.3 Å². The maximum absolute atomic E-state index is 11.7. The van der Waals surface area contributed by atoms with Crippen molar-refractivity contribution in [2.24, 2.45) is 5.14 Å². The highest BCUT2D eigenvalue weighted by Crippen LogP contribution is 2.30. The summed E-state index contributed by atoms with van der Waals surface area (Å²) in [6.45, 7) is 2.96. The smallest absolute Gasteiger partial charge is 0.247 e. The van der Waals surface area contributed by atoms with Gasteiger partial charge in [0.15, 0.2) is 5.82 Å². The lowest BCUT2D eigenvalue weighted by atomic mass is 10.1. The maximum Gasteiger partial charge on any atom is 0.247 e. The van der Waals surface area contributed by atoms with Gasteiger partial charge in [0.1, 0.15) is 15.6 Å². The van der Waals surface area contributed by atoms with Crippen LogP contribution in [0.3, 0.4) is 0 Å². The van der Waals surface area contributed by atoms with Crippen molar-refractivity contribution in [3.8, 4) is 0 Å². The van der Waals surface area contributed by atoms with Crippen LogP contribution in [0.5, 0.6) is 0 Å². The molecule has 0 aliphatic carbocycles. The molecule has 0 bridgehead atoms. The summed E-state index contributed by atoms with van der Waals surface area (Å²) in [5.74, 6) is 1.49. The van der Waals surface area contributed by atoms with Gasteiger partial charge in [-0.05, 0) is 48.8 Å². The summed E-state index contributed by atoms with van der Waals surface area (Å²) in [5, 5.41) is 8.16. The average Bonchev–Trinajstić information content (AvgIpc) is 3.35. The Bertz CT molecular complexity index is 1320. The highest BCUT2D eigenvalue weighted by molar-refractivity contribution is 7.91. The van der Waals surface area contributed by atoms with Crippen LogP contribution in [0.25, 0.3) is 21.9 Å². The van der Waals surface area contributed by atoms with E-state index < -0.39 is 10.0 Å². The van der Waals surface area contributed by atoms with Crippen molar-refractivity contribution >= 4 is 49.1 Å². The van der Waals surface area contributed by atoms with Gasteiger partial charge in [-0.2, -0.15) is 0 Å². The first-order chi connectivity index (χ1) is 14.9. The number of fused-ring (bicyclic) bond motifs is 3. The number of nitrogens with zero attached hydrogens (tertiary/aromatic N) is 3. The molecular weight excluding hydrogens is 430 g/mol. The van der Waals surface area contributed by atoms with E-state index in [0.29, 0.717) is 12.2 Å². The number of benzene rings is 1. The van der Waals surface area contributed by atoms with Crippen molar-refractivity contribution in [1.82, 2.24) is 14.5 Å². The Morgan fingerprint density at radius 2 is 1.87 bits per heavy atom. The van der Waals surface area contributed by atoms with Gasteiger partial charge in [0, 0.05) is 18.4 Å². The van der Waals surface area contributed by atoms with Gasteiger partial charge in [-0.25, -0.2) is 23.5 Å². The molecule has 3 heterocycles. The second-order valence-corrected chi connectivity index (χ2v) is 10.4. The molecule has 9 heteroatoms. The number of rotatable bonds is 9. The van der Waals surface area contributed by atoms with E-state index in [2.05, 4.69) is 22.5 Å². The van der Waals surface area contributed by atoms with Gasteiger partial charge < -0.3 is 10.3 Å². The van der Waals surface area contributed by atoms with Crippen molar-refractivity contribution in [1.29, 1.82) is 0 Å². The number of para-hydroxylation sites is 1. The number of sulfonamides is 1. The number of pyridine rings is 1. The van der Waals surface area contributed by atoms with Gasteiger partial charge in [-0.3, -0.25) is 0 Å². The topological polar surface area (TPSA) is 117 Å². The Morgan fingerprint density at radius 3 is 2.65 bits per heavy atom. The molecule has 0 amide bonds. The molecule has 4 rings (SSSR count). The Labute approximate surface area is 186 Å². The zero-order valence-electron chi connectivity index (χ0n) is 17.5. The number of anilines is 1. The number of hydrogen-bond acceptors (Lipinski definition) is 6. The molecule has 31 heavy (non-hydrogen) atoms. The number of imidazole rings is 1. The van der Waals surface area contributed by atoms with E-state index in [0.717, 1.165) is 72.0 Å². The lowest BCUT2D eigenvalue weighted by Crippen LogP contribution is -2.12. The molecule has 0 radical (unpaired) electrons. The SMILES string of the molecule is CCCCc1nc2c(N)nc3ccccc3c2n1CCCCc1ccsc1S(N)(=O)=O. The van der Waals surface area contributed by atoms with Crippen molar-refractivity contribution in [2.75, 3.05) is 5.73 Å². The molecule has 0 fully saturated rings. The van der Waals surface area contributed by atoms with E-state index in [-0.39, 0.29) is 4.21 Å². The Hall–Kier alpha value is -2.49. The van der Waals surface area contributed by atoms with Crippen LogP contribution in [0.2, 0.25) is 0 Å². The van der Waals surface area contributed by atoms with Gasteiger partial charge in [-0.15, -0.1) is 11.3 Å². The first-order valence-corrected chi connectivity index (χ1v) is 12.9. The third-order valence-electron chi connectivity index (χ3n) is 5.49. The first-order valence-electron chi connectivity index (χ1n) is 10.5. The van der Waals surface area contributed by atoms with Crippen molar-refractivity contribution in [3.63, 3.8) is 0 Å². The Morgan fingerprint density at radius 1 is 1.06 bits per heavy atom. The lowest BCUT2D eigenvalue weighted by molar-refractivity contribution is 0.585. The highest BCUT2D eigenvalue weighted by Gasteiger charge is 2.18. The standard InChI is InChI=1S/C22H27N5O2S2/c1-2-3-11-18-26-19-20(16-9-4-5-10-17(16)25-21(19)23)27(18)13-7-6-8-15-12-14-30-22(15)31(24,28)29/h4-5,9-10,12,14H,2-3,6-8,11,13H2,1H3,(H2,23,25)(H2,24,28,29). The molecule has 4 N–H and O–H groups in total. The zero-order valence-corrected chi connectivity index (χ0v) is 19.2. The van der Waals surface area contributed by atoms with Crippen LogP contribution < -0.4 is 10.9 Å². The van der Waals surface area contributed by atoms with Crippen LogP contribution in [0.15, 0.2) is 39.9 Å². The predicted molar refractivity (Wildman–Crippen MR) is 127 cm³/mol. The molecule has 1 aromatic carbocycles. The lowest BCUT2D eigenvalue weighted by Gasteiger charge is -2.11. The fourth-order valence-corrected chi connectivity index (χ4v) is 5.93. The number of unbranched alkanes of at least 4 members (excludes halogenated alkanes) is 2. The minimum atomic E-state index is -3.66. The monoisotopic (exact) mass is 457 g/mol. The van der Waals surface area contributed by atoms with E-state index in [4.69, 9.17) is 15.9 Å². The summed E-state index contributed by atoms with van der Waals surface area (Å²) in [7, 11) is -3.66. The van der Waals surface area contributed by atoms with Crippen LogP contribution in [-0.4, -0.2) is 23.0 Å². The third kappa shape index (κ3) is 4.44. The molecule has 164 valence electrons. The molecule has 0 aliphatic heterocycles. The maximum atomic E-state index is 11.7. The minimum Gasteiger partial charge on any atom is -0.382 e. The van der Waals surface area contributed by atoms with Crippen LogP contribution in [0.1, 0.15) is 44.0 Å². The molecule has 7 nitrogen and oxygen atoms in total. The summed E-state index contributed by atoms with van der Waals surface area (Å²) in [6, 6.07) is 9.86. The van der Waals surface area contributed by atoms with Crippen LogP contribution in [0.4, 0.5) is 5.82 Å². The summed E-state index contributed by atoms with van der Waals surface area (Å²) >= 11 is 1.18. The number of nitrogen functional groups attached to an aromatic ring is 1. The molecule has 0 aliphatic rings. The average molecular weight is 458 g/mol. The second-order valence-electron chi connectivity index (χ2n) is 7.73. The summed E-state index contributed by atoms with van der Waals surface area (Å²) in [6.07, 6.45) is 5.45. The zero-order chi connectivity index (χ0) is 22.0. The van der Waals surface area contributed by atoms with Gasteiger partial charge in [-0.1, -0.05) is 31.5 Å². The third-order valence-corrected chi connectivity index (χ3v) is 8.00. The fraction of sp³-hybridized carbons (Fsp3) is 0.364. The van der Waals surface area contributed by atoms with E-state index in [1.165, 1.54) is 11.3 Å². The summed E-state index contributed by atoms with van der Waals surface area (Å²) < 4.78 is 26.0. The Balaban J connectivity index is 1.62. The number of aromatic nitrogens is 3. The molecule has 4 aromatic rings. The van der Waals surface area contributed by atoms with E-state index in [1.54, 1.807) is 5.38 Å². The number of aryl methyl sites for hydroxylation is 3. The van der Waals surface area contributed by atoms with Gasteiger partial charge in [0.05, 0.1) is 11.0 Å². The van der Waals surface area contributed by atoms with Crippen molar-refractivity contribution in [3.05, 3.63) is 47.1 Å². The van der Waals surface area contributed by atoms with Gasteiger partial charge in [0.25, 0.3) is 0 Å². The highest BCUT2D eigenvalue weighted by atomic mass is 32.2. The fourth-order valence-electron chi connectivity index (χ4n) is 4.01. The molecule has 0 unspecified atom stereocenters. The number of hydrogen-bond donors (Lipinski definition) is 2. The second kappa shape index (κ2) is 8.94.